The zero-order chi connectivity index (χ0) is 28.2. The van der Waals surface area contributed by atoms with Gasteiger partial charge in [0.1, 0.15) is 11.7 Å². The molecular formula is C31H45N6O3+. The Labute approximate surface area is 238 Å². The number of carbonyl (C=O) groups excluding carboxylic acids is 2. The van der Waals surface area contributed by atoms with Crippen LogP contribution in [0.15, 0.2) is 23.2 Å². The summed E-state index contributed by atoms with van der Waals surface area (Å²) in [5, 5.41) is 6.55. The standard InChI is InChI=1S/C31H44N6O3/c1-5-12-21(6-2)32-29(38)20-17-18-24(26(19-20)40-23-15-10-11-16-23)33-31-34-27-28(35-31)37(22-13-8-9-14-22)25(7-3)30(39)36(27)4/h17-19,21-23,25H,5-16H2,1-4H3,(H,32,38)/p+1. The number of rotatable bonds is 10. The Balaban J connectivity index is 1.43. The van der Waals surface area contributed by atoms with Crippen LogP contribution in [-0.2, 0) is 4.79 Å². The van der Waals surface area contributed by atoms with Crippen LogP contribution in [0.4, 0.5) is 5.69 Å². The van der Waals surface area contributed by atoms with Crippen molar-refractivity contribution in [2.45, 2.75) is 122 Å². The van der Waals surface area contributed by atoms with E-state index in [1.165, 1.54) is 12.8 Å². The van der Waals surface area contributed by atoms with Crippen LogP contribution in [0.25, 0.3) is 0 Å². The maximum atomic E-state index is 13.3. The van der Waals surface area contributed by atoms with Gasteiger partial charge in [0.05, 0.1) is 13.2 Å². The Hall–Kier alpha value is -3.32. The Kier molecular flexibility index (Phi) is 8.79. The Morgan fingerprint density at radius 2 is 1.85 bits per heavy atom. The number of guanidine groups is 1. The summed E-state index contributed by atoms with van der Waals surface area (Å²) >= 11 is 0. The number of piperazine rings is 1. The molecule has 2 unspecified atom stereocenters. The average molecular weight is 550 g/mol. The molecule has 2 aliphatic carbocycles. The van der Waals surface area contributed by atoms with Crippen LogP contribution in [0.5, 0.6) is 5.75 Å². The van der Waals surface area contributed by atoms with Crippen LogP contribution in [0, 0.1) is 0 Å². The van der Waals surface area contributed by atoms with Gasteiger partial charge in [0.2, 0.25) is 0 Å². The molecule has 2 aliphatic heterocycles. The van der Waals surface area contributed by atoms with Gasteiger partial charge >= 0.3 is 11.8 Å². The number of hydrogen-bond acceptors (Lipinski definition) is 6. The minimum absolute atomic E-state index is 0.0717. The number of hydrogen-bond donors (Lipinski definition) is 2. The van der Waals surface area contributed by atoms with E-state index in [1.54, 1.807) is 11.9 Å². The first-order chi connectivity index (χ1) is 19.4. The third kappa shape index (κ3) is 5.75. The number of likely N-dealkylation sites (N-methyl/N-ethyl adjacent to an activating group) is 1. The van der Waals surface area contributed by atoms with Crippen LogP contribution in [-0.4, -0.2) is 70.5 Å². The normalized spacial score (nSPS) is 22.1. The summed E-state index contributed by atoms with van der Waals surface area (Å²) in [7, 11) is 1.79. The molecule has 9 heteroatoms. The van der Waals surface area contributed by atoms with E-state index in [1.807, 2.05) is 18.2 Å². The topological polar surface area (TPSA) is 100 Å². The lowest BCUT2D eigenvalue weighted by molar-refractivity contribution is -0.132. The molecule has 216 valence electrons. The predicted octanol–water partition coefficient (Wildman–Crippen LogP) is 4.46. The highest BCUT2D eigenvalue weighted by Crippen LogP contribution is 2.33. The minimum Gasteiger partial charge on any atom is -0.487 e. The second-order valence-electron chi connectivity index (χ2n) is 11.6. The van der Waals surface area contributed by atoms with Gasteiger partial charge in [-0.2, -0.15) is 0 Å². The van der Waals surface area contributed by atoms with E-state index in [0.717, 1.165) is 75.7 Å². The summed E-state index contributed by atoms with van der Waals surface area (Å²) in [5.41, 5.74) is 1.30. The van der Waals surface area contributed by atoms with Gasteiger partial charge in [0.15, 0.2) is 5.75 Å². The Bertz CT molecular complexity index is 1210. The van der Waals surface area contributed by atoms with E-state index in [0.29, 0.717) is 29.1 Å². The number of aliphatic imine (C=N–C) groups is 1. The maximum Gasteiger partial charge on any atom is 0.440 e. The van der Waals surface area contributed by atoms with Gasteiger partial charge in [0, 0.05) is 17.6 Å². The summed E-state index contributed by atoms with van der Waals surface area (Å²) < 4.78 is 11.2. The van der Waals surface area contributed by atoms with Crippen LogP contribution in [0.2, 0.25) is 0 Å². The van der Waals surface area contributed by atoms with Crippen molar-refractivity contribution >= 4 is 35.1 Å². The number of amides is 2. The van der Waals surface area contributed by atoms with Crippen molar-refractivity contribution < 1.29 is 14.3 Å². The fourth-order valence-corrected chi connectivity index (χ4v) is 6.52. The van der Waals surface area contributed by atoms with E-state index in [9.17, 15) is 9.59 Å². The van der Waals surface area contributed by atoms with Crippen LogP contribution in [0.1, 0.15) is 108 Å². The SMILES string of the molecule is CCCC(CC)NC(=O)c1ccc(NC2=[N+]=C3C(=N2)N(C2CCCC2)C(CC)C(=O)N3C)c(OC2CCCC2)c1. The molecule has 40 heavy (non-hydrogen) atoms. The lowest BCUT2D eigenvalue weighted by Crippen LogP contribution is -2.63. The molecule has 2 atom stereocenters. The quantitative estimate of drug-likeness (QED) is 0.420. The van der Waals surface area contributed by atoms with Gasteiger partial charge in [-0.25, -0.2) is 14.9 Å². The largest absolute Gasteiger partial charge is 0.487 e. The van der Waals surface area contributed by atoms with Gasteiger partial charge in [0.25, 0.3) is 17.6 Å². The molecule has 2 amide bonds. The number of anilines is 1. The van der Waals surface area contributed by atoms with E-state index in [4.69, 9.17) is 14.4 Å². The van der Waals surface area contributed by atoms with Gasteiger partial charge in [-0.15, -0.1) is 0 Å². The van der Waals surface area contributed by atoms with Crippen molar-refractivity contribution in [1.29, 1.82) is 0 Å². The fourth-order valence-electron chi connectivity index (χ4n) is 6.52. The highest BCUT2D eigenvalue weighted by atomic mass is 16.5. The number of ether oxygens (including phenoxy) is 1. The summed E-state index contributed by atoms with van der Waals surface area (Å²) in [5.74, 6) is 2.43. The average Bonchev–Trinajstić information content (AvgIpc) is 3.74. The molecule has 3 fully saturated rings. The molecule has 2 saturated carbocycles. The first-order valence-electron chi connectivity index (χ1n) is 15.4. The molecular weight excluding hydrogens is 504 g/mol. The molecule has 5 rings (SSSR count). The van der Waals surface area contributed by atoms with E-state index < -0.39 is 0 Å². The second kappa shape index (κ2) is 12.5. The second-order valence-corrected chi connectivity index (χ2v) is 11.6. The molecule has 0 bridgehead atoms. The molecule has 9 nitrogen and oxygen atoms in total. The lowest BCUT2D eigenvalue weighted by atomic mass is 10.0. The Morgan fingerprint density at radius 3 is 2.52 bits per heavy atom. The monoisotopic (exact) mass is 549 g/mol. The molecule has 1 aromatic rings. The molecule has 0 aromatic heterocycles. The first kappa shape index (κ1) is 28.2. The van der Waals surface area contributed by atoms with Crippen LogP contribution < -0.4 is 20.0 Å². The van der Waals surface area contributed by atoms with Gasteiger partial charge in [-0.3, -0.25) is 9.59 Å². The van der Waals surface area contributed by atoms with Crippen molar-refractivity contribution in [3.63, 3.8) is 0 Å². The van der Waals surface area contributed by atoms with Crippen molar-refractivity contribution in [1.82, 2.24) is 19.8 Å². The van der Waals surface area contributed by atoms with Crippen molar-refractivity contribution in [3.05, 3.63) is 23.8 Å². The lowest BCUT2D eigenvalue weighted by Gasteiger charge is -2.39. The summed E-state index contributed by atoms with van der Waals surface area (Å²) in [6, 6.07) is 5.80. The minimum atomic E-state index is -0.219. The molecule has 0 spiro atoms. The molecule has 1 saturated heterocycles. The van der Waals surface area contributed by atoms with E-state index in [2.05, 4.69) is 36.3 Å². The summed E-state index contributed by atoms with van der Waals surface area (Å²) in [4.78, 5) is 35.2. The Morgan fingerprint density at radius 1 is 1.12 bits per heavy atom. The smallest absolute Gasteiger partial charge is 0.440 e. The third-order valence-electron chi connectivity index (χ3n) is 8.79. The molecule has 2 N–H and O–H groups in total. The highest BCUT2D eigenvalue weighted by Gasteiger charge is 2.50. The number of fused-ring (bicyclic) bond motifs is 1. The number of nitrogens with zero attached hydrogens (tertiary/aromatic N) is 4. The highest BCUT2D eigenvalue weighted by molar-refractivity contribution is 6.48. The maximum absolute atomic E-state index is 13.3. The number of nitrogens with one attached hydrogen (secondary N) is 2. The van der Waals surface area contributed by atoms with E-state index in [-0.39, 0.29) is 30.0 Å². The van der Waals surface area contributed by atoms with Crippen molar-refractivity contribution in [2.75, 3.05) is 12.4 Å². The zero-order valence-corrected chi connectivity index (χ0v) is 24.5. The number of benzene rings is 1. The number of amidine groups is 2. The van der Waals surface area contributed by atoms with Crippen molar-refractivity contribution in [3.8, 4) is 5.75 Å². The van der Waals surface area contributed by atoms with Gasteiger partial charge < -0.3 is 15.0 Å². The van der Waals surface area contributed by atoms with Crippen LogP contribution >= 0.6 is 0 Å². The number of carbonyl (C=O) groups is 2. The molecule has 2 heterocycles. The van der Waals surface area contributed by atoms with Crippen LogP contribution in [0.3, 0.4) is 0 Å². The molecule has 1 aromatic carbocycles. The molecule has 4 aliphatic rings. The molecule has 0 radical (unpaired) electrons. The zero-order valence-electron chi connectivity index (χ0n) is 24.5. The predicted molar refractivity (Wildman–Crippen MR) is 160 cm³/mol. The third-order valence-corrected chi connectivity index (χ3v) is 8.79. The van der Waals surface area contributed by atoms with Gasteiger partial charge in [-0.05, 0) is 76.0 Å². The summed E-state index contributed by atoms with van der Waals surface area (Å²) in [6.45, 7) is 6.30. The van der Waals surface area contributed by atoms with Gasteiger partial charge in [-0.1, -0.05) is 45.0 Å². The first-order valence-corrected chi connectivity index (χ1v) is 15.4. The van der Waals surface area contributed by atoms with E-state index >= 15 is 0 Å². The van der Waals surface area contributed by atoms with Crippen molar-refractivity contribution in [2.24, 2.45) is 4.99 Å². The summed E-state index contributed by atoms with van der Waals surface area (Å²) in [6.07, 6.45) is 12.6. The fraction of sp³-hybridized carbons (Fsp3) is 0.645.